The Labute approximate surface area is 182 Å². The van der Waals surface area contributed by atoms with Crippen molar-refractivity contribution in [2.24, 2.45) is 17.8 Å². The van der Waals surface area contributed by atoms with Gasteiger partial charge in [0.15, 0.2) is 0 Å². The highest BCUT2D eigenvalue weighted by atomic mass is 16.3. The molecule has 30 heavy (non-hydrogen) atoms. The zero-order valence-corrected chi connectivity index (χ0v) is 18.5. The van der Waals surface area contributed by atoms with E-state index in [4.69, 9.17) is 0 Å². The second kappa shape index (κ2) is 10.3. The average Bonchev–Trinajstić information content (AvgIpc) is 3.41. The van der Waals surface area contributed by atoms with Crippen LogP contribution in [0.5, 0.6) is 0 Å². The maximum Gasteiger partial charge on any atom is 0.0761 e. The number of hydrogen-bond acceptors (Lipinski definition) is 3. The fraction of sp³-hybridized carbons (Fsp3) is 0.630. The van der Waals surface area contributed by atoms with Gasteiger partial charge in [-0.3, -0.25) is 0 Å². The Bertz CT molecular complexity index is 749. The van der Waals surface area contributed by atoms with Crippen LogP contribution in [0.4, 0.5) is 0 Å². The molecule has 1 aromatic rings. The van der Waals surface area contributed by atoms with E-state index in [1.54, 1.807) is 5.57 Å². The fourth-order valence-electron chi connectivity index (χ4n) is 5.89. The number of aryl methyl sites for hydroxylation is 1. The largest absolute Gasteiger partial charge is 0.392 e. The van der Waals surface area contributed by atoms with Gasteiger partial charge in [0, 0.05) is 12.3 Å². The smallest absolute Gasteiger partial charge is 0.0761 e. The quantitative estimate of drug-likeness (QED) is 0.460. The van der Waals surface area contributed by atoms with Crippen LogP contribution in [0.25, 0.3) is 0 Å². The van der Waals surface area contributed by atoms with Crippen LogP contribution in [0.3, 0.4) is 0 Å². The van der Waals surface area contributed by atoms with Crippen molar-refractivity contribution in [3.63, 3.8) is 0 Å². The van der Waals surface area contributed by atoms with Gasteiger partial charge in [0.05, 0.1) is 12.2 Å². The van der Waals surface area contributed by atoms with E-state index in [9.17, 15) is 10.2 Å². The minimum absolute atomic E-state index is 0.181. The van der Waals surface area contributed by atoms with E-state index in [1.807, 2.05) is 12.1 Å². The number of aliphatic hydroxyl groups excluding tert-OH is 2. The van der Waals surface area contributed by atoms with Gasteiger partial charge in [-0.2, -0.15) is 0 Å². The zero-order valence-electron chi connectivity index (χ0n) is 18.5. The molecule has 3 aliphatic rings. The Balaban J connectivity index is 1.24. The first-order chi connectivity index (χ1) is 14.6. The molecule has 0 aromatic heterocycles. The summed E-state index contributed by atoms with van der Waals surface area (Å²) in [6, 6.07) is 8.33. The van der Waals surface area contributed by atoms with Crippen LogP contribution in [0.1, 0.15) is 56.1 Å². The number of fused-ring (bicyclic) bond motifs is 1. The fourth-order valence-corrected chi connectivity index (χ4v) is 5.89. The van der Waals surface area contributed by atoms with E-state index >= 15 is 0 Å². The molecule has 164 valence electrons. The molecule has 3 heteroatoms. The Morgan fingerprint density at radius 1 is 1.20 bits per heavy atom. The molecule has 1 aliphatic heterocycles. The third kappa shape index (κ3) is 5.63. The van der Waals surface area contributed by atoms with Gasteiger partial charge in [-0.15, -0.1) is 0 Å². The molecule has 3 nitrogen and oxygen atoms in total. The van der Waals surface area contributed by atoms with E-state index in [1.165, 1.54) is 57.3 Å². The van der Waals surface area contributed by atoms with Crippen molar-refractivity contribution >= 4 is 0 Å². The summed E-state index contributed by atoms with van der Waals surface area (Å²) in [5, 5.41) is 21.1. The molecule has 1 saturated heterocycles. The Kier molecular flexibility index (Phi) is 7.45. The van der Waals surface area contributed by atoms with Crippen molar-refractivity contribution in [2.75, 3.05) is 19.6 Å². The molecule has 4 rings (SSSR count). The number of hydrogen-bond donors (Lipinski definition) is 2. The van der Waals surface area contributed by atoms with Gasteiger partial charge < -0.3 is 15.1 Å². The minimum Gasteiger partial charge on any atom is -0.392 e. The lowest BCUT2D eigenvalue weighted by Gasteiger charge is -2.19. The Morgan fingerprint density at radius 3 is 2.83 bits per heavy atom. The van der Waals surface area contributed by atoms with E-state index in [0.29, 0.717) is 18.3 Å². The lowest BCUT2D eigenvalue weighted by Crippen LogP contribution is -2.20. The number of likely N-dealkylation sites (tertiary alicyclic amines) is 1. The van der Waals surface area contributed by atoms with Gasteiger partial charge in [0.2, 0.25) is 0 Å². The number of unbranched alkanes of at least 4 members (excludes halogenated alkanes) is 1. The second-order valence-corrected chi connectivity index (χ2v) is 9.89. The molecular formula is C27H39NO2. The molecule has 2 N–H and O–H groups in total. The summed E-state index contributed by atoms with van der Waals surface area (Å²) in [5.41, 5.74) is 4.00. The zero-order chi connectivity index (χ0) is 20.9. The lowest BCUT2D eigenvalue weighted by molar-refractivity contribution is 0.140. The maximum atomic E-state index is 10.6. The lowest BCUT2D eigenvalue weighted by atomic mass is 9.88. The number of nitrogens with zero attached hydrogens (tertiary/aromatic N) is 1. The topological polar surface area (TPSA) is 43.7 Å². The van der Waals surface area contributed by atoms with Crippen molar-refractivity contribution in [1.82, 2.24) is 4.90 Å². The minimum atomic E-state index is -0.488. The summed E-state index contributed by atoms with van der Waals surface area (Å²) >= 11 is 0. The van der Waals surface area contributed by atoms with E-state index in [-0.39, 0.29) is 12.0 Å². The molecule has 2 aliphatic carbocycles. The number of rotatable bonds is 9. The van der Waals surface area contributed by atoms with Crippen molar-refractivity contribution in [3.8, 4) is 0 Å². The molecule has 0 amide bonds. The first-order valence-corrected chi connectivity index (χ1v) is 12.1. The molecular weight excluding hydrogens is 370 g/mol. The highest BCUT2D eigenvalue weighted by Gasteiger charge is 2.43. The van der Waals surface area contributed by atoms with Gasteiger partial charge >= 0.3 is 0 Å². The second-order valence-electron chi connectivity index (χ2n) is 9.89. The van der Waals surface area contributed by atoms with Crippen molar-refractivity contribution < 1.29 is 10.2 Å². The first-order valence-electron chi connectivity index (χ1n) is 12.1. The van der Waals surface area contributed by atoms with Gasteiger partial charge in [-0.25, -0.2) is 0 Å². The molecule has 1 heterocycles. The number of allylic oxidation sites excluding steroid dienone is 2. The standard InChI is InChI=1S/C27H39NO2/c1-20-7-6-9-21(15-20)17-24(29)10-11-25-26-18-22(16-23(26)19-27(25)30)8-2-3-12-28-13-4-5-14-28/h6-7,9-11,15-16,23-27,29-30H,2-5,8,12-14,17-19H2,1H3/t23-,24-,25+,26-,27+/m0/s1. The van der Waals surface area contributed by atoms with Crippen LogP contribution in [0, 0.1) is 24.7 Å². The Hall–Kier alpha value is -1.42. The predicted molar refractivity (Wildman–Crippen MR) is 123 cm³/mol. The van der Waals surface area contributed by atoms with Crippen LogP contribution >= 0.6 is 0 Å². The van der Waals surface area contributed by atoms with E-state index in [2.05, 4.69) is 42.2 Å². The van der Waals surface area contributed by atoms with Crippen LogP contribution < -0.4 is 0 Å². The summed E-state index contributed by atoms with van der Waals surface area (Å²) in [7, 11) is 0. The monoisotopic (exact) mass is 409 g/mol. The molecule has 0 unspecified atom stereocenters. The molecule has 1 aromatic carbocycles. The average molecular weight is 410 g/mol. The first kappa shape index (κ1) is 21.8. The third-order valence-electron chi connectivity index (χ3n) is 7.45. The molecule has 0 radical (unpaired) electrons. The highest BCUT2D eigenvalue weighted by Crippen LogP contribution is 2.48. The van der Waals surface area contributed by atoms with Gasteiger partial charge in [0.1, 0.15) is 0 Å². The summed E-state index contributed by atoms with van der Waals surface area (Å²) in [4.78, 5) is 2.61. The highest BCUT2D eigenvalue weighted by molar-refractivity contribution is 5.24. The summed E-state index contributed by atoms with van der Waals surface area (Å²) in [5.74, 6) is 1.23. The van der Waals surface area contributed by atoms with Crippen molar-refractivity contribution in [1.29, 1.82) is 0 Å². The van der Waals surface area contributed by atoms with Crippen LogP contribution in [-0.4, -0.2) is 47.0 Å². The van der Waals surface area contributed by atoms with Crippen LogP contribution in [-0.2, 0) is 6.42 Å². The normalized spacial score (nSPS) is 30.2. The van der Waals surface area contributed by atoms with Gasteiger partial charge in [0.25, 0.3) is 0 Å². The summed E-state index contributed by atoms with van der Waals surface area (Å²) in [6.07, 6.45) is 15.0. The van der Waals surface area contributed by atoms with Crippen LogP contribution in [0.15, 0.2) is 48.1 Å². The number of benzene rings is 1. The third-order valence-corrected chi connectivity index (χ3v) is 7.45. The SMILES string of the molecule is Cc1cccc(C[C@@H](O)C=C[C@@H]2[C@H]3CC(CCCCN4CCCC4)=C[C@H]3C[C@H]2O)c1. The Morgan fingerprint density at radius 2 is 2.03 bits per heavy atom. The van der Waals surface area contributed by atoms with Gasteiger partial charge in [-0.1, -0.05) is 53.6 Å². The maximum absolute atomic E-state index is 10.6. The van der Waals surface area contributed by atoms with Crippen molar-refractivity contribution in [2.45, 2.75) is 70.5 Å². The molecule has 0 bridgehead atoms. The summed E-state index contributed by atoms with van der Waals surface area (Å²) in [6.45, 7) is 5.95. The predicted octanol–water partition coefficient (Wildman–Crippen LogP) is 4.66. The molecule has 2 fully saturated rings. The van der Waals surface area contributed by atoms with Crippen LogP contribution in [0.2, 0.25) is 0 Å². The molecule has 0 spiro atoms. The van der Waals surface area contributed by atoms with E-state index in [0.717, 1.165) is 18.4 Å². The number of aliphatic hydroxyl groups is 2. The van der Waals surface area contributed by atoms with Gasteiger partial charge in [-0.05, 0) is 88.9 Å². The summed E-state index contributed by atoms with van der Waals surface area (Å²) < 4.78 is 0. The molecule has 1 saturated carbocycles. The molecule has 5 atom stereocenters. The van der Waals surface area contributed by atoms with E-state index < -0.39 is 6.10 Å². The van der Waals surface area contributed by atoms with Crippen molar-refractivity contribution in [3.05, 3.63) is 59.2 Å².